The highest BCUT2D eigenvalue weighted by Gasteiger charge is 2.48. The highest BCUT2D eigenvalue weighted by Crippen LogP contribution is 2.27. The third kappa shape index (κ3) is 4.28. The first-order chi connectivity index (χ1) is 12.6. The molecule has 1 saturated heterocycles. The first-order valence-corrected chi connectivity index (χ1v) is 8.49. The number of hydrogen-bond donors (Lipinski definition) is 2. The molecule has 1 aliphatic rings. The van der Waals surface area contributed by atoms with Crippen LogP contribution in [0.3, 0.4) is 0 Å². The van der Waals surface area contributed by atoms with E-state index in [1.165, 1.54) is 0 Å². The quantitative estimate of drug-likeness (QED) is 0.767. The van der Waals surface area contributed by atoms with Crippen molar-refractivity contribution in [1.29, 1.82) is 0 Å². The van der Waals surface area contributed by atoms with Crippen LogP contribution in [0, 0.1) is 0 Å². The normalized spacial score (nSPS) is 26.4. The van der Waals surface area contributed by atoms with E-state index in [1.54, 1.807) is 37.3 Å². The Morgan fingerprint density at radius 3 is 2.35 bits per heavy atom. The third-order valence-corrected chi connectivity index (χ3v) is 4.32. The van der Waals surface area contributed by atoms with Gasteiger partial charge in [-0.05, 0) is 24.6 Å². The summed E-state index contributed by atoms with van der Waals surface area (Å²) in [5, 5.41) is 20.0. The Labute approximate surface area is 151 Å². The first kappa shape index (κ1) is 18.5. The van der Waals surface area contributed by atoms with Crippen LogP contribution in [-0.4, -0.2) is 46.9 Å². The maximum Gasteiger partial charge on any atom is 0.338 e. The lowest BCUT2D eigenvalue weighted by Gasteiger charge is -2.25. The molecule has 1 heterocycles. The van der Waals surface area contributed by atoms with Gasteiger partial charge in [0, 0.05) is 0 Å². The fourth-order valence-electron chi connectivity index (χ4n) is 2.85. The van der Waals surface area contributed by atoms with Crippen molar-refractivity contribution in [3.63, 3.8) is 0 Å². The van der Waals surface area contributed by atoms with Crippen LogP contribution in [0.5, 0.6) is 0 Å². The Morgan fingerprint density at radius 1 is 1.08 bits per heavy atom. The van der Waals surface area contributed by atoms with Crippen LogP contribution in [0.2, 0.25) is 0 Å². The predicted octanol–water partition coefficient (Wildman–Crippen LogP) is 1.90. The molecule has 0 aromatic heterocycles. The van der Waals surface area contributed by atoms with Gasteiger partial charge >= 0.3 is 5.97 Å². The highest BCUT2D eigenvalue weighted by molar-refractivity contribution is 5.89. The fraction of sp³-hybridized carbons (Fsp3) is 0.350. The standard InChI is InChI=1S/C20H22O6/c1-13(24-12-14-8-4-2-5-9-14)17-18(16(21)20(23)25-17)26-19(22)15-10-6-3-7-11-15/h2-11,13,16-18,20-21,23H,12H2,1H3/t13-,16+,17+,18+,20+/m1/s1. The minimum absolute atomic E-state index is 0.341. The second-order valence-corrected chi connectivity index (χ2v) is 6.22. The van der Waals surface area contributed by atoms with Crippen molar-refractivity contribution in [3.05, 3.63) is 71.8 Å². The Morgan fingerprint density at radius 2 is 1.69 bits per heavy atom. The second-order valence-electron chi connectivity index (χ2n) is 6.22. The van der Waals surface area contributed by atoms with E-state index in [0.717, 1.165) is 5.56 Å². The number of rotatable bonds is 6. The van der Waals surface area contributed by atoms with E-state index in [2.05, 4.69) is 0 Å². The van der Waals surface area contributed by atoms with E-state index in [1.807, 2.05) is 30.3 Å². The lowest BCUT2D eigenvalue weighted by atomic mass is 10.1. The van der Waals surface area contributed by atoms with E-state index in [-0.39, 0.29) is 0 Å². The Kier molecular flexibility index (Phi) is 6.00. The molecule has 6 nitrogen and oxygen atoms in total. The Balaban J connectivity index is 1.65. The van der Waals surface area contributed by atoms with Gasteiger partial charge in [-0.25, -0.2) is 4.79 Å². The molecule has 0 radical (unpaired) electrons. The van der Waals surface area contributed by atoms with Gasteiger partial charge in [0.15, 0.2) is 12.4 Å². The van der Waals surface area contributed by atoms with Gasteiger partial charge in [-0.1, -0.05) is 48.5 Å². The molecule has 2 aromatic carbocycles. The van der Waals surface area contributed by atoms with Gasteiger partial charge in [0.25, 0.3) is 0 Å². The molecule has 0 aliphatic carbocycles. The average molecular weight is 358 g/mol. The minimum atomic E-state index is -1.43. The zero-order valence-electron chi connectivity index (χ0n) is 14.4. The van der Waals surface area contributed by atoms with E-state index >= 15 is 0 Å². The lowest BCUT2D eigenvalue weighted by molar-refractivity contribution is -0.153. The molecule has 1 aliphatic heterocycles. The minimum Gasteiger partial charge on any atom is -0.453 e. The summed E-state index contributed by atoms with van der Waals surface area (Å²) in [7, 11) is 0. The molecular formula is C20H22O6. The summed E-state index contributed by atoms with van der Waals surface area (Å²) >= 11 is 0. The molecule has 0 amide bonds. The van der Waals surface area contributed by atoms with Gasteiger partial charge in [-0.2, -0.15) is 0 Å². The van der Waals surface area contributed by atoms with Crippen LogP contribution < -0.4 is 0 Å². The number of carbonyl (C=O) groups excluding carboxylic acids is 1. The highest BCUT2D eigenvalue weighted by atomic mass is 16.7. The summed E-state index contributed by atoms with van der Waals surface area (Å²) in [6.07, 6.45) is -5.08. The molecular weight excluding hydrogens is 336 g/mol. The summed E-state index contributed by atoms with van der Waals surface area (Å²) < 4.78 is 16.6. The number of ether oxygens (including phenoxy) is 3. The number of aliphatic hydroxyl groups is 2. The summed E-state index contributed by atoms with van der Waals surface area (Å²) in [4.78, 5) is 12.3. The van der Waals surface area contributed by atoms with Crippen molar-refractivity contribution in [1.82, 2.24) is 0 Å². The largest absolute Gasteiger partial charge is 0.453 e. The maximum atomic E-state index is 12.3. The van der Waals surface area contributed by atoms with Crippen LogP contribution in [0.4, 0.5) is 0 Å². The van der Waals surface area contributed by atoms with Crippen LogP contribution in [0.15, 0.2) is 60.7 Å². The van der Waals surface area contributed by atoms with Crippen molar-refractivity contribution in [2.24, 2.45) is 0 Å². The van der Waals surface area contributed by atoms with E-state index < -0.39 is 36.7 Å². The molecule has 0 unspecified atom stereocenters. The van der Waals surface area contributed by atoms with E-state index in [0.29, 0.717) is 12.2 Å². The smallest absolute Gasteiger partial charge is 0.338 e. The van der Waals surface area contributed by atoms with Crippen molar-refractivity contribution in [2.45, 2.75) is 44.2 Å². The number of carbonyl (C=O) groups is 1. The van der Waals surface area contributed by atoms with Crippen LogP contribution >= 0.6 is 0 Å². The topological polar surface area (TPSA) is 85.2 Å². The van der Waals surface area contributed by atoms with Crippen molar-refractivity contribution >= 4 is 5.97 Å². The van der Waals surface area contributed by atoms with Gasteiger partial charge in [0.05, 0.1) is 18.3 Å². The van der Waals surface area contributed by atoms with Crippen LogP contribution in [-0.2, 0) is 20.8 Å². The molecule has 138 valence electrons. The molecule has 2 aromatic rings. The van der Waals surface area contributed by atoms with Gasteiger partial charge in [-0.15, -0.1) is 0 Å². The monoisotopic (exact) mass is 358 g/mol. The van der Waals surface area contributed by atoms with Gasteiger partial charge in [0.1, 0.15) is 12.2 Å². The molecule has 0 bridgehead atoms. The number of hydrogen-bond acceptors (Lipinski definition) is 6. The molecule has 1 fully saturated rings. The van der Waals surface area contributed by atoms with Gasteiger partial charge in [-0.3, -0.25) is 0 Å². The molecule has 26 heavy (non-hydrogen) atoms. The van der Waals surface area contributed by atoms with Crippen molar-refractivity contribution in [2.75, 3.05) is 0 Å². The molecule has 5 atom stereocenters. The zero-order chi connectivity index (χ0) is 18.5. The van der Waals surface area contributed by atoms with Crippen LogP contribution in [0.25, 0.3) is 0 Å². The van der Waals surface area contributed by atoms with E-state index in [9.17, 15) is 15.0 Å². The Bertz CT molecular complexity index is 705. The lowest BCUT2D eigenvalue weighted by Crippen LogP contribution is -2.42. The summed E-state index contributed by atoms with van der Waals surface area (Å²) in [5.41, 5.74) is 1.34. The second kappa shape index (κ2) is 8.42. The van der Waals surface area contributed by atoms with Crippen molar-refractivity contribution < 1.29 is 29.2 Å². The van der Waals surface area contributed by atoms with Crippen molar-refractivity contribution in [3.8, 4) is 0 Å². The average Bonchev–Trinajstić information content (AvgIpc) is 2.96. The van der Waals surface area contributed by atoms with Gasteiger partial charge in [0.2, 0.25) is 0 Å². The zero-order valence-corrected chi connectivity index (χ0v) is 14.4. The number of aliphatic hydroxyl groups excluding tert-OH is 2. The molecule has 2 N–H and O–H groups in total. The third-order valence-electron chi connectivity index (χ3n) is 4.32. The Hall–Kier alpha value is -2.25. The predicted molar refractivity (Wildman–Crippen MR) is 93.2 cm³/mol. The van der Waals surface area contributed by atoms with Crippen LogP contribution in [0.1, 0.15) is 22.8 Å². The molecule has 3 rings (SSSR count). The van der Waals surface area contributed by atoms with Gasteiger partial charge < -0.3 is 24.4 Å². The number of esters is 1. The summed E-state index contributed by atoms with van der Waals surface area (Å²) in [6, 6.07) is 18.1. The molecule has 0 saturated carbocycles. The number of benzene rings is 2. The first-order valence-electron chi connectivity index (χ1n) is 8.49. The van der Waals surface area contributed by atoms with E-state index in [4.69, 9.17) is 14.2 Å². The summed E-state index contributed by atoms with van der Waals surface area (Å²) in [6.45, 7) is 2.09. The SMILES string of the molecule is C[C@@H](OCc1ccccc1)[C@@H]1O[C@H](O)[C@@H](O)[C@@H]1OC(=O)c1ccccc1. The maximum absolute atomic E-state index is 12.3. The summed E-state index contributed by atoms with van der Waals surface area (Å²) in [5.74, 6) is -0.590. The molecule has 0 spiro atoms. The molecule has 6 heteroatoms. The fourth-order valence-corrected chi connectivity index (χ4v) is 2.85.